The minimum Gasteiger partial charge on any atom is -0.465 e. The predicted molar refractivity (Wildman–Crippen MR) is 38.9 cm³/mol. The lowest BCUT2D eigenvalue weighted by Gasteiger charge is -2.17. The first-order valence-electron chi connectivity index (χ1n) is 3.17. The average Bonchev–Trinajstić information content (AvgIpc) is 1.59. The molecule has 0 rings (SSSR count). The van der Waals surface area contributed by atoms with Crippen molar-refractivity contribution in [2.75, 3.05) is 6.54 Å². The molecule has 4 N–H and O–H groups in total. The fourth-order valence-electron chi connectivity index (χ4n) is 0.492. The zero-order chi connectivity index (χ0) is 8.20. The smallest absolute Gasteiger partial charge is 0.404 e. The zero-order valence-electron chi connectivity index (χ0n) is 6.35. The fourth-order valence-corrected chi connectivity index (χ4v) is 0.492. The van der Waals surface area contributed by atoms with Crippen molar-refractivity contribution in [3.63, 3.8) is 0 Å². The summed E-state index contributed by atoms with van der Waals surface area (Å²) in [6.07, 6.45) is -0.344. The molecule has 0 aliphatic rings. The van der Waals surface area contributed by atoms with Crippen LogP contribution >= 0.6 is 0 Å². The van der Waals surface area contributed by atoms with Gasteiger partial charge in [-0.25, -0.2) is 4.79 Å². The maximum absolute atomic E-state index is 9.93. The van der Waals surface area contributed by atoms with Crippen LogP contribution in [0.1, 0.15) is 20.3 Å². The second-order valence-corrected chi connectivity index (χ2v) is 2.97. The topological polar surface area (TPSA) is 75.3 Å². The minimum absolute atomic E-state index is 0.289. The number of nitrogens with two attached hydrogens (primary N) is 1. The lowest BCUT2D eigenvalue weighted by atomic mass is 10.0. The number of amides is 1. The summed E-state index contributed by atoms with van der Waals surface area (Å²) in [5.74, 6) is 0. The van der Waals surface area contributed by atoms with E-state index in [0.29, 0.717) is 13.0 Å². The summed E-state index contributed by atoms with van der Waals surface area (Å²) in [7, 11) is 0. The molecule has 0 saturated heterocycles. The van der Waals surface area contributed by atoms with Crippen LogP contribution in [0.3, 0.4) is 0 Å². The molecule has 0 radical (unpaired) electrons. The molecule has 4 heteroatoms. The van der Waals surface area contributed by atoms with Gasteiger partial charge in [-0.1, -0.05) is 0 Å². The quantitative estimate of drug-likeness (QED) is 0.538. The van der Waals surface area contributed by atoms with Crippen molar-refractivity contribution >= 4 is 6.09 Å². The van der Waals surface area contributed by atoms with Crippen molar-refractivity contribution in [2.45, 2.75) is 25.8 Å². The Kier molecular flexibility index (Phi) is 3.15. The first kappa shape index (κ1) is 9.23. The van der Waals surface area contributed by atoms with Gasteiger partial charge in [0.05, 0.1) is 0 Å². The predicted octanol–water partition coefficient (Wildman–Crippen LogP) is 0.381. The Hall–Kier alpha value is -0.770. The van der Waals surface area contributed by atoms with Gasteiger partial charge in [-0.2, -0.15) is 0 Å². The second kappa shape index (κ2) is 3.41. The molecule has 0 saturated carbocycles. The number of rotatable bonds is 3. The first-order chi connectivity index (χ1) is 4.42. The second-order valence-electron chi connectivity index (χ2n) is 2.97. The summed E-state index contributed by atoms with van der Waals surface area (Å²) in [5.41, 5.74) is 5.30. The molecule has 0 fully saturated rings. The summed E-state index contributed by atoms with van der Waals surface area (Å²) in [5, 5.41) is 10.4. The van der Waals surface area contributed by atoms with Crippen LogP contribution < -0.4 is 11.1 Å². The Morgan fingerprint density at radius 1 is 1.70 bits per heavy atom. The summed E-state index contributed by atoms with van der Waals surface area (Å²) in [6, 6.07) is 0. The summed E-state index contributed by atoms with van der Waals surface area (Å²) in [6.45, 7) is 4.13. The lowest BCUT2D eigenvalue weighted by molar-refractivity contribution is 0.193. The van der Waals surface area contributed by atoms with E-state index < -0.39 is 6.09 Å². The first-order valence-corrected chi connectivity index (χ1v) is 3.17. The highest BCUT2D eigenvalue weighted by molar-refractivity contribution is 5.64. The van der Waals surface area contributed by atoms with E-state index in [2.05, 4.69) is 5.32 Å². The summed E-state index contributed by atoms with van der Waals surface area (Å²) < 4.78 is 0. The highest BCUT2D eigenvalue weighted by Gasteiger charge is 2.09. The molecular weight excluding hydrogens is 132 g/mol. The zero-order valence-corrected chi connectivity index (χ0v) is 6.35. The van der Waals surface area contributed by atoms with E-state index in [1.165, 1.54) is 0 Å². The van der Waals surface area contributed by atoms with Crippen molar-refractivity contribution < 1.29 is 9.90 Å². The van der Waals surface area contributed by atoms with E-state index in [1.807, 2.05) is 13.8 Å². The normalized spacial score (nSPS) is 11.1. The van der Waals surface area contributed by atoms with E-state index in [4.69, 9.17) is 10.8 Å². The standard InChI is InChI=1S/C6H14N2O2/c1-6(2,7)3-4-8-5(9)10/h8H,3-4,7H2,1-2H3,(H,9,10). The van der Waals surface area contributed by atoms with Crippen LogP contribution in [0.15, 0.2) is 0 Å². The van der Waals surface area contributed by atoms with Crippen molar-refractivity contribution in [1.29, 1.82) is 0 Å². The van der Waals surface area contributed by atoms with Crippen LogP contribution in [-0.4, -0.2) is 23.3 Å². The summed E-state index contributed by atoms with van der Waals surface area (Å²) in [4.78, 5) is 9.93. The van der Waals surface area contributed by atoms with Crippen LogP contribution in [0.2, 0.25) is 0 Å². The van der Waals surface area contributed by atoms with Crippen LogP contribution in [0.25, 0.3) is 0 Å². The molecule has 1 amide bonds. The van der Waals surface area contributed by atoms with Gasteiger partial charge < -0.3 is 16.2 Å². The SMILES string of the molecule is CC(C)(N)CCNC(=O)O. The van der Waals surface area contributed by atoms with E-state index in [0.717, 1.165) is 0 Å². The lowest BCUT2D eigenvalue weighted by Crippen LogP contribution is -2.36. The highest BCUT2D eigenvalue weighted by atomic mass is 16.4. The van der Waals surface area contributed by atoms with Gasteiger partial charge in [0.15, 0.2) is 0 Å². The van der Waals surface area contributed by atoms with Crippen molar-refractivity contribution in [3.05, 3.63) is 0 Å². The molecular formula is C6H14N2O2. The van der Waals surface area contributed by atoms with Gasteiger partial charge >= 0.3 is 6.09 Å². The van der Waals surface area contributed by atoms with Gasteiger partial charge in [-0.3, -0.25) is 0 Å². The maximum atomic E-state index is 9.93. The van der Waals surface area contributed by atoms with E-state index in [-0.39, 0.29) is 5.54 Å². The van der Waals surface area contributed by atoms with Crippen LogP contribution in [0.4, 0.5) is 4.79 Å². The molecule has 4 nitrogen and oxygen atoms in total. The molecule has 0 aromatic rings. The number of hydrogen-bond acceptors (Lipinski definition) is 2. The Morgan fingerprint density at radius 2 is 2.20 bits per heavy atom. The largest absolute Gasteiger partial charge is 0.465 e. The van der Waals surface area contributed by atoms with Gasteiger partial charge in [-0.15, -0.1) is 0 Å². The molecule has 0 aromatic carbocycles. The molecule has 0 aliphatic carbocycles. The van der Waals surface area contributed by atoms with Crippen molar-refractivity contribution in [3.8, 4) is 0 Å². The van der Waals surface area contributed by atoms with Crippen molar-refractivity contribution in [1.82, 2.24) is 5.32 Å². The van der Waals surface area contributed by atoms with E-state index in [1.54, 1.807) is 0 Å². The molecule has 0 atom stereocenters. The number of nitrogens with one attached hydrogen (secondary N) is 1. The van der Waals surface area contributed by atoms with Crippen molar-refractivity contribution in [2.24, 2.45) is 5.73 Å². The minimum atomic E-state index is -0.996. The number of hydrogen-bond donors (Lipinski definition) is 3. The molecule has 0 heterocycles. The van der Waals surface area contributed by atoms with Gasteiger partial charge in [-0.05, 0) is 20.3 Å². The van der Waals surface area contributed by atoms with Crippen LogP contribution in [0, 0.1) is 0 Å². The Labute approximate surface area is 60.4 Å². The average molecular weight is 146 g/mol. The third-order valence-electron chi connectivity index (χ3n) is 1.05. The Morgan fingerprint density at radius 3 is 2.50 bits per heavy atom. The number of carboxylic acid groups (broad SMARTS) is 1. The molecule has 10 heavy (non-hydrogen) atoms. The monoisotopic (exact) mass is 146 g/mol. The molecule has 0 aromatic heterocycles. The number of carbonyl (C=O) groups is 1. The molecule has 0 bridgehead atoms. The fraction of sp³-hybridized carbons (Fsp3) is 0.833. The molecule has 0 spiro atoms. The Balaban J connectivity index is 3.29. The highest BCUT2D eigenvalue weighted by Crippen LogP contribution is 2.00. The molecule has 0 unspecified atom stereocenters. The van der Waals surface area contributed by atoms with Crippen LogP contribution in [-0.2, 0) is 0 Å². The third-order valence-corrected chi connectivity index (χ3v) is 1.05. The van der Waals surface area contributed by atoms with Crippen LogP contribution in [0.5, 0.6) is 0 Å². The van der Waals surface area contributed by atoms with E-state index >= 15 is 0 Å². The summed E-state index contributed by atoms with van der Waals surface area (Å²) >= 11 is 0. The van der Waals surface area contributed by atoms with Gasteiger partial charge in [0.2, 0.25) is 0 Å². The molecule has 0 aliphatic heterocycles. The Bertz CT molecular complexity index is 117. The van der Waals surface area contributed by atoms with Gasteiger partial charge in [0.1, 0.15) is 0 Å². The molecule has 60 valence electrons. The maximum Gasteiger partial charge on any atom is 0.404 e. The van der Waals surface area contributed by atoms with Gasteiger partial charge in [0.25, 0.3) is 0 Å². The van der Waals surface area contributed by atoms with Gasteiger partial charge in [0, 0.05) is 12.1 Å². The van der Waals surface area contributed by atoms with E-state index in [9.17, 15) is 4.79 Å². The third kappa shape index (κ3) is 7.23.